The molecule has 2 rings (SSSR count). The molecule has 1 heterocycles. The average molecular weight is 287 g/mol. The summed E-state index contributed by atoms with van der Waals surface area (Å²) in [5, 5.41) is 6.00. The maximum Gasteiger partial charge on any atom is 0.274 e. The van der Waals surface area contributed by atoms with Gasteiger partial charge in [-0.3, -0.25) is 9.78 Å². The number of carbonyl (C=O) groups excluding carboxylic acids is 1. The molecule has 0 aliphatic rings. The number of anilines is 2. The van der Waals surface area contributed by atoms with Crippen LogP contribution in [0.3, 0.4) is 0 Å². The fourth-order valence-corrected chi connectivity index (χ4v) is 2.15. The zero-order valence-corrected chi connectivity index (χ0v) is 12.3. The molecule has 104 valence electrons. The number of hydrogen-bond donors (Lipinski definition) is 2. The normalized spacial score (nSPS) is 10.1. The largest absolute Gasteiger partial charge is 0.385 e. The standard InChI is InChI=1S/C15H17N3OS/c1-3-16-12-8-9-17-14(10-12)15(19)18-11-4-6-13(20-2)7-5-11/h4-10H,3H2,1-2H3,(H,16,17)(H,18,19). The third-order valence-electron chi connectivity index (χ3n) is 2.72. The Kier molecular flexibility index (Phi) is 5.01. The Bertz CT molecular complexity index is 584. The molecule has 0 aliphatic heterocycles. The van der Waals surface area contributed by atoms with Gasteiger partial charge in [0.15, 0.2) is 0 Å². The Hall–Kier alpha value is -2.01. The first kappa shape index (κ1) is 14.4. The second-order valence-corrected chi connectivity index (χ2v) is 5.02. The molecule has 20 heavy (non-hydrogen) atoms. The summed E-state index contributed by atoms with van der Waals surface area (Å²) in [6, 6.07) is 11.3. The molecule has 0 aliphatic carbocycles. The summed E-state index contributed by atoms with van der Waals surface area (Å²) in [4.78, 5) is 17.4. The van der Waals surface area contributed by atoms with E-state index in [1.165, 1.54) is 0 Å². The number of pyridine rings is 1. The molecule has 0 atom stereocenters. The lowest BCUT2D eigenvalue weighted by molar-refractivity contribution is 0.102. The first-order valence-electron chi connectivity index (χ1n) is 6.38. The van der Waals surface area contributed by atoms with Gasteiger partial charge < -0.3 is 10.6 Å². The first-order chi connectivity index (χ1) is 9.72. The zero-order chi connectivity index (χ0) is 14.4. The summed E-state index contributed by atoms with van der Waals surface area (Å²) >= 11 is 1.67. The Morgan fingerprint density at radius 1 is 1.20 bits per heavy atom. The molecule has 0 spiro atoms. The summed E-state index contributed by atoms with van der Waals surface area (Å²) < 4.78 is 0. The summed E-state index contributed by atoms with van der Waals surface area (Å²) in [6.45, 7) is 2.81. The van der Waals surface area contributed by atoms with Gasteiger partial charge in [-0.2, -0.15) is 0 Å². The van der Waals surface area contributed by atoms with Gasteiger partial charge >= 0.3 is 0 Å². The van der Waals surface area contributed by atoms with Gasteiger partial charge in [-0.25, -0.2) is 0 Å². The van der Waals surface area contributed by atoms with Crippen LogP contribution in [-0.2, 0) is 0 Å². The summed E-state index contributed by atoms with van der Waals surface area (Å²) in [6.07, 6.45) is 3.65. The van der Waals surface area contributed by atoms with Crippen LogP contribution in [0.4, 0.5) is 11.4 Å². The molecule has 0 radical (unpaired) electrons. The van der Waals surface area contributed by atoms with Gasteiger partial charge in [0.1, 0.15) is 5.69 Å². The number of nitrogens with zero attached hydrogens (tertiary/aromatic N) is 1. The number of hydrogen-bond acceptors (Lipinski definition) is 4. The van der Waals surface area contributed by atoms with Gasteiger partial charge in [0.2, 0.25) is 0 Å². The molecule has 0 saturated heterocycles. The summed E-state index contributed by atoms with van der Waals surface area (Å²) in [7, 11) is 0. The molecular formula is C15H17N3OS. The smallest absolute Gasteiger partial charge is 0.274 e. The highest BCUT2D eigenvalue weighted by Gasteiger charge is 2.08. The first-order valence-corrected chi connectivity index (χ1v) is 7.60. The average Bonchev–Trinajstić information content (AvgIpc) is 2.48. The van der Waals surface area contributed by atoms with Crippen molar-refractivity contribution < 1.29 is 4.79 Å². The molecule has 2 aromatic rings. The van der Waals surface area contributed by atoms with E-state index in [-0.39, 0.29) is 5.91 Å². The van der Waals surface area contributed by atoms with Gasteiger partial charge in [-0.05, 0) is 49.6 Å². The molecule has 2 N–H and O–H groups in total. The lowest BCUT2D eigenvalue weighted by Gasteiger charge is -2.07. The molecule has 1 aromatic carbocycles. The number of amides is 1. The van der Waals surface area contributed by atoms with Crippen LogP contribution in [0.15, 0.2) is 47.5 Å². The highest BCUT2D eigenvalue weighted by atomic mass is 32.2. The van der Waals surface area contributed by atoms with Crippen LogP contribution < -0.4 is 10.6 Å². The number of aromatic nitrogens is 1. The van der Waals surface area contributed by atoms with Crippen LogP contribution in [0, 0.1) is 0 Å². The number of thioether (sulfide) groups is 1. The van der Waals surface area contributed by atoms with E-state index in [0.29, 0.717) is 5.69 Å². The molecule has 0 fully saturated rings. The highest BCUT2D eigenvalue weighted by molar-refractivity contribution is 7.98. The zero-order valence-electron chi connectivity index (χ0n) is 11.5. The minimum atomic E-state index is -0.207. The van der Waals surface area contributed by atoms with Gasteiger partial charge in [0, 0.05) is 29.0 Å². The Balaban J connectivity index is 2.08. The van der Waals surface area contributed by atoms with E-state index in [4.69, 9.17) is 0 Å². The Morgan fingerprint density at radius 2 is 1.95 bits per heavy atom. The molecule has 5 heteroatoms. The predicted octanol–water partition coefficient (Wildman–Crippen LogP) is 3.49. The van der Waals surface area contributed by atoms with E-state index in [1.807, 2.05) is 43.5 Å². The highest BCUT2D eigenvalue weighted by Crippen LogP contribution is 2.18. The minimum Gasteiger partial charge on any atom is -0.385 e. The van der Waals surface area contributed by atoms with E-state index in [0.717, 1.165) is 22.8 Å². The maximum absolute atomic E-state index is 12.1. The Morgan fingerprint density at radius 3 is 2.60 bits per heavy atom. The van der Waals surface area contributed by atoms with Crippen molar-refractivity contribution in [3.8, 4) is 0 Å². The van der Waals surface area contributed by atoms with Crippen LogP contribution in [0.5, 0.6) is 0 Å². The van der Waals surface area contributed by atoms with Gasteiger partial charge in [-0.1, -0.05) is 0 Å². The molecule has 4 nitrogen and oxygen atoms in total. The van der Waals surface area contributed by atoms with Crippen LogP contribution in [0.2, 0.25) is 0 Å². The van der Waals surface area contributed by atoms with Crippen LogP contribution in [0.1, 0.15) is 17.4 Å². The van der Waals surface area contributed by atoms with Crippen molar-refractivity contribution in [3.05, 3.63) is 48.3 Å². The van der Waals surface area contributed by atoms with E-state index in [2.05, 4.69) is 15.6 Å². The van der Waals surface area contributed by atoms with Gasteiger partial charge in [-0.15, -0.1) is 11.8 Å². The van der Waals surface area contributed by atoms with Crippen LogP contribution in [-0.4, -0.2) is 23.7 Å². The molecule has 1 amide bonds. The lowest BCUT2D eigenvalue weighted by Crippen LogP contribution is -2.14. The van der Waals surface area contributed by atoms with E-state index >= 15 is 0 Å². The quantitative estimate of drug-likeness (QED) is 0.827. The van der Waals surface area contributed by atoms with E-state index < -0.39 is 0 Å². The number of nitrogens with one attached hydrogen (secondary N) is 2. The molecular weight excluding hydrogens is 270 g/mol. The van der Waals surface area contributed by atoms with Crippen molar-refractivity contribution in [2.24, 2.45) is 0 Å². The van der Waals surface area contributed by atoms with Crippen molar-refractivity contribution >= 4 is 29.0 Å². The van der Waals surface area contributed by atoms with Crippen molar-refractivity contribution in [1.82, 2.24) is 4.98 Å². The fraction of sp³-hybridized carbons (Fsp3) is 0.200. The van der Waals surface area contributed by atoms with Crippen molar-refractivity contribution in [3.63, 3.8) is 0 Å². The number of benzene rings is 1. The second-order valence-electron chi connectivity index (χ2n) is 4.14. The van der Waals surface area contributed by atoms with Crippen LogP contribution in [0.25, 0.3) is 0 Å². The summed E-state index contributed by atoms with van der Waals surface area (Å²) in [5.41, 5.74) is 2.06. The third kappa shape index (κ3) is 3.74. The molecule has 0 unspecified atom stereocenters. The third-order valence-corrected chi connectivity index (χ3v) is 3.46. The molecule has 1 aromatic heterocycles. The minimum absolute atomic E-state index is 0.207. The predicted molar refractivity (Wildman–Crippen MR) is 84.6 cm³/mol. The number of rotatable bonds is 5. The molecule has 0 bridgehead atoms. The van der Waals surface area contributed by atoms with E-state index in [1.54, 1.807) is 24.0 Å². The fourth-order valence-electron chi connectivity index (χ4n) is 1.74. The SMILES string of the molecule is CCNc1ccnc(C(=O)Nc2ccc(SC)cc2)c1. The topological polar surface area (TPSA) is 54.0 Å². The monoisotopic (exact) mass is 287 g/mol. The maximum atomic E-state index is 12.1. The van der Waals surface area contributed by atoms with E-state index in [9.17, 15) is 4.79 Å². The Labute approximate surface area is 123 Å². The van der Waals surface area contributed by atoms with Crippen LogP contribution >= 0.6 is 11.8 Å². The van der Waals surface area contributed by atoms with Gasteiger partial charge in [0.25, 0.3) is 5.91 Å². The molecule has 0 saturated carbocycles. The second kappa shape index (κ2) is 6.96. The summed E-state index contributed by atoms with van der Waals surface area (Å²) in [5.74, 6) is -0.207. The number of carbonyl (C=O) groups is 1. The van der Waals surface area contributed by atoms with Gasteiger partial charge in [0.05, 0.1) is 0 Å². The van der Waals surface area contributed by atoms with Crippen molar-refractivity contribution in [2.75, 3.05) is 23.4 Å². The lowest BCUT2D eigenvalue weighted by atomic mass is 10.2. The van der Waals surface area contributed by atoms with Crippen molar-refractivity contribution in [1.29, 1.82) is 0 Å². The van der Waals surface area contributed by atoms with Crippen molar-refractivity contribution in [2.45, 2.75) is 11.8 Å².